The molecule has 0 bridgehead atoms. The molecule has 0 radical (unpaired) electrons. The van der Waals surface area contributed by atoms with Crippen molar-refractivity contribution >= 4 is 11.9 Å². The fourth-order valence-corrected chi connectivity index (χ4v) is 7.01. The van der Waals surface area contributed by atoms with E-state index in [0.29, 0.717) is 19.3 Å². The monoisotopic (exact) mass is 659 g/mol. The SMILES string of the molecule is CC(C)CCCCCCCCCCCCC(CC(O)CO)C(CCCCCCCCCCCCCC(=O)O)(CC(O)CO)C(=O)O. The van der Waals surface area contributed by atoms with E-state index in [4.69, 9.17) is 5.11 Å². The van der Waals surface area contributed by atoms with Crippen LogP contribution in [0.4, 0.5) is 0 Å². The lowest BCUT2D eigenvalue weighted by atomic mass is 9.64. The molecule has 0 spiro atoms. The molecule has 0 aliphatic heterocycles. The number of rotatable bonds is 35. The molecular weight excluding hydrogens is 584 g/mol. The van der Waals surface area contributed by atoms with E-state index in [1.54, 1.807) is 0 Å². The van der Waals surface area contributed by atoms with E-state index in [0.717, 1.165) is 89.4 Å². The summed E-state index contributed by atoms with van der Waals surface area (Å²) in [6, 6.07) is 0. The molecule has 0 aromatic rings. The molecule has 0 heterocycles. The highest BCUT2D eigenvalue weighted by Crippen LogP contribution is 2.44. The Kier molecular flexibility index (Phi) is 29.1. The van der Waals surface area contributed by atoms with Gasteiger partial charge in [-0.2, -0.15) is 0 Å². The first-order valence-corrected chi connectivity index (χ1v) is 19.1. The van der Waals surface area contributed by atoms with E-state index in [1.807, 2.05) is 0 Å². The molecule has 0 saturated heterocycles. The summed E-state index contributed by atoms with van der Waals surface area (Å²) in [5, 5.41) is 59.3. The van der Waals surface area contributed by atoms with Crippen LogP contribution in [0.3, 0.4) is 0 Å². The number of aliphatic hydroxyl groups excluding tert-OH is 4. The van der Waals surface area contributed by atoms with E-state index < -0.39 is 48.7 Å². The van der Waals surface area contributed by atoms with Crippen LogP contribution in [0.2, 0.25) is 0 Å². The number of aliphatic hydroxyl groups is 4. The highest BCUT2D eigenvalue weighted by atomic mass is 16.4. The van der Waals surface area contributed by atoms with E-state index in [2.05, 4.69) is 13.8 Å². The summed E-state index contributed by atoms with van der Waals surface area (Å²) in [6.07, 6.45) is 23.5. The summed E-state index contributed by atoms with van der Waals surface area (Å²) in [6.45, 7) is 3.64. The molecule has 0 aromatic carbocycles. The lowest BCUT2D eigenvalue weighted by Gasteiger charge is -2.40. The lowest BCUT2D eigenvalue weighted by Crippen LogP contribution is -2.44. The average molecular weight is 659 g/mol. The van der Waals surface area contributed by atoms with Crippen LogP contribution in [0, 0.1) is 17.3 Å². The van der Waals surface area contributed by atoms with E-state index in [9.17, 15) is 35.1 Å². The minimum absolute atomic E-state index is 0.0503. The van der Waals surface area contributed by atoms with Gasteiger partial charge in [-0.15, -0.1) is 0 Å². The predicted molar refractivity (Wildman–Crippen MR) is 187 cm³/mol. The average Bonchev–Trinajstić information content (AvgIpc) is 3.01. The molecule has 0 aromatic heterocycles. The van der Waals surface area contributed by atoms with Gasteiger partial charge < -0.3 is 30.6 Å². The number of carbonyl (C=O) groups is 2. The maximum atomic E-state index is 12.9. The van der Waals surface area contributed by atoms with Crippen molar-refractivity contribution in [2.75, 3.05) is 13.2 Å². The highest BCUT2D eigenvalue weighted by Gasteiger charge is 2.46. The summed E-state index contributed by atoms with van der Waals surface area (Å²) >= 11 is 0. The number of unbranched alkanes of at least 4 members (excludes halogenated alkanes) is 19. The molecule has 0 saturated carbocycles. The number of carboxylic acid groups (broad SMARTS) is 2. The molecule has 46 heavy (non-hydrogen) atoms. The topological polar surface area (TPSA) is 156 Å². The van der Waals surface area contributed by atoms with E-state index in [1.165, 1.54) is 51.4 Å². The quantitative estimate of drug-likeness (QED) is 0.0370. The molecule has 4 atom stereocenters. The number of carboxylic acids is 2. The molecule has 0 amide bonds. The Morgan fingerprint density at radius 2 is 0.935 bits per heavy atom. The summed E-state index contributed by atoms with van der Waals surface area (Å²) in [5.41, 5.74) is -1.26. The fourth-order valence-electron chi connectivity index (χ4n) is 7.01. The van der Waals surface area contributed by atoms with Gasteiger partial charge in [-0.05, 0) is 43.9 Å². The van der Waals surface area contributed by atoms with Crippen LogP contribution in [0.1, 0.15) is 187 Å². The van der Waals surface area contributed by atoms with Gasteiger partial charge in [0.05, 0.1) is 30.8 Å². The van der Waals surface area contributed by atoms with E-state index in [-0.39, 0.29) is 19.3 Å². The van der Waals surface area contributed by atoms with Crippen LogP contribution in [0.5, 0.6) is 0 Å². The van der Waals surface area contributed by atoms with Crippen molar-refractivity contribution in [3.8, 4) is 0 Å². The molecule has 0 rings (SSSR count). The first-order valence-electron chi connectivity index (χ1n) is 19.1. The van der Waals surface area contributed by atoms with Gasteiger partial charge in [0, 0.05) is 6.42 Å². The van der Waals surface area contributed by atoms with Crippen LogP contribution in [0.15, 0.2) is 0 Å². The Morgan fingerprint density at radius 1 is 0.543 bits per heavy atom. The van der Waals surface area contributed by atoms with Crippen molar-refractivity contribution in [3.05, 3.63) is 0 Å². The zero-order chi connectivity index (χ0) is 34.5. The summed E-state index contributed by atoms with van der Waals surface area (Å²) in [7, 11) is 0. The standard InChI is InChI=1S/C38H74O8/c1-32(2)24-20-16-12-8-5-6-9-13-17-21-25-33(28-34(41)30-39)38(37(45)46,29-35(42)31-40)27-23-19-15-11-7-3-4-10-14-18-22-26-36(43)44/h32-35,39-42H,3-31H2,1-2H3,(H,43,44)(H,45,46). The van der Waals surface area contributed by atoms with Gasteiger partial charge in [-0.25, -0.2) is 0 Å². The molecule has 0 fully saturated rings. The normalized spacial score (nSPS) is 15.1. The molecule has 6 N–H and O–H groups in total. The number of hydrogen-bond acceptors (Lipinski definition) is 6. The third-order valence-corrected chi connectivity index (χ3v) is 9.88. The Hall–Kier alpha value is -1.22. The first kappa shape index (κ1) is 44.8. The van der Waals surface area contributed by atoms with E-state index >= 15 is 0 Å². The summed E-state index contributed by atoms with van der Waals surface area (Å²) in [5.74, 6) is -1.31. The number of aliphatic carboxylic acids is 2. The van der Waals surface area contributed by atoms with Gasteiger partial charge in [0.15, 0.2) is 0 Å². The Morgan fingerprint density at radius 3 is 1.33 bits per heavy atom. The maximum absolute atomic E-state index is 12.9. The van der Waals surface area contributed by atoms with Crippen molar-refractivity contribution in [1.82, 2.24) is 0 Å². The van der Waals surface area contributed by atoms with Crippen LogP contribution in [-0.4, -0.2) is 68.0 Å². The van der Waals surface area contributed by atoms with Crippen molar-refractivity contribution in [2.45, 2.75) is 199 Å². The van der Waals surface area contributed by atoms with Crippen molar-refractivity contribution in [2.24, 2.45) is 17.3 Å². The third kappa shape index (κ3) is 24.0. The van der Waals surface area contributed by atoms with Crippen LogP contribution in [0.25, 0.3) is 0 Å². The van der Waals surface area contributed by atoms with Crippen molar-refractivity contribution < 1.29 is 40.2 Å². The van der Waals surface area contributed by atoms with Crippen molar-refractivity contribution in [1.29, 1.82) is 0 Å². The minimum atomic E-state index is -1.26. The van der Waals surface area contributed by atoms with Gasteiger partial charge in [-0.1, -0.05) is 149 Å². The second-order valence-corrected chi connectivity index (χ2v) is 14.6. The van der Waals surface area contributed by atoms with Gasteiger partial charge in [-0.3, -0.25) is 9.59 Å². The maximum Gasteiger partial charge on any atom is 0.310 e. The highest BCUT2D eigenvalue weighted by molar-refractivity contribution is 5.75. The third-order valence-electron chi connectivity index (χ3n) is 9.88. The second kappa shape index (κ2) is 29.9. The predicted octanol–water partition coefficient (Wildman–Crippen LogP) is 8.65. The second-order valence-electron chi connectivity index (χ2n) is 14.6. The smallest absolute Gasteiger partial charge is 0.310 e. The van der Waals surface area contributed by atoms with Crippen LogP contribution in [-0.2, 0) is 9.59 Å². The zero-order valence-corrected chi connectivity index (χ0v) is 29.8. The Labute approximate surface area is 281 Å². The molecule has 274 valence electrons. The lowest BCUT2D eigenvalue weighted by molar-refractivity contribution is -0.158. The summed E-state index contributed by atoms with van der Waals surface area (Å²) in [4.78, 5) is 23.5. The Bertz CT molecular complexity index is 715. The van der Waals surface area contributed by atoms with Gasteiger partial charge in [0.1, 0.15) is 0 Å². The molecule has 0 aliphatic rings. The van der Waals surface area contributed by atoms with Gasteiger partial charge in [0.25, 0.3) is 0 Å². The van der Waals surface area contributed by atoms with Gasteiger partial charge >= 0.3 is 11.9 Å². The number of hydrogen-bond donors (Lipinski definition) is 6. The fraction of sp³-hybridized carbons (Fsp3) is 0.947. The van der Waals surface area contributed by atoms with Crippen LogP contribution >= 0.6 is 0 Å². The minimum Gasteiger partial charge on any atom is -0.481 e. The molecule has 4 unspecified atom stereocenters. The zero-order valence-electron chi connectivity index (χ0n) is 29.8. The largest absolute Gasteiger partial charge is 0.481 e. The first-order chi connectivity index (χ1) is 22.1. The van der Waals surface area contributed by atoms with Crippen LogP contribution < -0.4 is 0 Å². The Balaban J connectivity index is 4.74. The molecular formula is C38H74O8. The molecule has 8 nitrogen and oxygen atoms in total. The van der Waals surface area contributed by atoms with Gasteiger partial charge in [0.2, 0.25) is 0 Å². The summed E-state index contributed by atoms with van der Waals surface area (Å²) < 4.78 is 0. The molecule has 0 aliphatic carbocycles. The molecule has 8 heteroatoms. The van der Waals surface area contributed by atoms with Crippen molar-refractivity contribution in [3.63, 3.8) is 0 Å².